The maximum absolute atomic E-state index is 5.45. The van der Waals surface area contributed by atoms with Crippen LogP contribution in [0.4, 0.5) is 0 Å². The van der Waals surface area contributed by atoms with Crippen LogP contribution in [-0.2, 0) is 0 Å². The lowest BCUT2D eigenvalue weighted by atomic mass is 10.3. The summed E-state index contributed by atoms with van der Waals surface area (Å²) >= 11 is 0. The number of aromatic nitrogens is 1. The number of hydrogen-bond acceptors (Lipinski definition) is 3. The quantitative estimate of drug-likeness (QED) is 0.767. The first-order chi connectivity index (χ1) is 7.19. The molecule has 15 heavy (non-hydrogen) atoms. The van der Waals surface area contributed by atoms with Crippen molar-refractivity contribution in [1.29, 1.82) is 0 Å². The zero-order valence-corrected chi connectivity index (χ0v) is 10.2. The molecular weight excluding hydrogens is 190 g/mol. The van der Waals surface area contributed by atoms with Crippen molar-refractivity contribution in [3.63, 3.8) is 0 Å². The summed E-state index contributed by atoms with van der Waals surface area (Å²) in [5.41, 5.74) is 1.94. The highest BCUT2D eigenvalue weighted by Crippen LogP contribution is 2.30. The molecule has 0 unspecified atom stereocenters. The van der Waals surface area contributed by atoms with Crippen molar-refractivity contribution in [3.8, 4) is 5.95 Å². The number of rotatable bonds is 3. The van der Waals surface area contributed by atoms with E-state index in [-0.39, 0.29) is 0 Å². The molecule has 1 saturated carbocycles. The van der Waals surface area contributed by atoms with Crippen LogP contribution in [0.15, 0.2) is 4.52 Å². The van der Waals surface area contributed by atoms with E-state index >= 15 is 0 Å². The lowest BCUT2D eigenvalue weighted by molar-refractivity contribution is 0.203. The van der Waals surface area contributed by atoms with E-state index in [1.165, 1.54) is 19.3 Å². The van der Waals surface area contributed by atoms with Crippen molar-refractivity contribution in [1.82, 2.24) is 5.16 Å². The van der Waals surface area contributed by atoms with Crippen molar-refractivity contribution in [2.24, 2.45) is 5.92 Å². The molecule has 86 valence electrons. The first-order valence-electron chi connectivity index (χ1n) is 5.74. The fourth-order valence-corrected chi connectivity index (χ4v) is 1.01. The zero-order chi connectivity index (χ0) is 11.3. The second-order valence-electron chi connectivity index (χ2n) is 4.14. The molecule has 0 bridgehead atoms. The van der Waals surface area contributed by atoms with Crippen LogP contribution >= 0.6 is 0 Å². The standard InChI is InChI=1S/C9H13NO2.C3H8/c1-6-7(2)10-12-9(6)11-5-8-3-4-8;1-3-2/h8H,3-5H2,1-2H3;3H2,1-2H3. The molecule has 1 aromatic heterocycles. The summed E-state index contributed by atoms with van der Waals surface area (Å²) in [6, 6.07) is 0. The van der Waals surface area contributed by atoms with Gasteiger partial charge >= 0.3 is 5.95 Å². The molecule has 1 aromatic rings. The molecule has 1 aliphatic carbocycles. The summed E-state index contributed by atoms with van der Waals surface area (Å²) in [6.45, 7) is 8.92. The maximum Gasteiger partial charge on any atom is 0.314 e. The van der Waals surface area contributed by atoms with Crippen LogP contribution in [0.5, 0.6) is 5.95 Å². The van der Waals surface area contributed by atoms with Crippen molar-refractivity contribution in [2.45, 2.75) is 47.0 Å². The first kappa shape index (κ1) is 12.1. The molecule has 0 saturated heterocycles. The molecule has 0 amide bonds. The highest BCUT2D eigenvalue weighted by Gasteiger charge is 2.23. The lowest BCUT2D eigenvalue weighted by Crippen LogP contribution is -1.98. The molecule has 1 fully saturated rings. The van der Waals surface area contributed by atoms with E-state index in [9.17, 15) is 0 Å². The summed E-state index contributed by atoms with van der Waals surface area (Å²) in [6.07, 6.45) is 3.85. The molecule has 1 aliphatic rings. The molecule has 0 spiro atoms. The molecule has 0 N–H and O–H groups in total. The van der Waals surface area contributed by atoms with Crippen molar-refractivity contribution in [3.05, 3.63) is 11.3 Å². The van der Waals surface area contributed by atoms with Crippen molar-refractivity contribution >= 4 is 0 Å². The van der Waals surface area contributed by atoms with Gasteiger partial charge in [-0.2, -0.15) is 0 Å². The first-order valence-corrected chi connectivity index (χ1v) is 5.74. The molecule has 3 nitrogen and oxygen atoms in total. The Bertz CT molecular complexity index is 290. The third-order valence-corrected chi connectivity index (χ3v) is 2.26. The van der Waals surface area contributed by atoms with Crippen LogP contribution in [0.2, 0.25) is 0 Å². The normalized spacial score (nSPS) is 14.4. The molecule has 0 radical (unpaired) electrons. The van der Waals surface area contributed by atoms with Crippen LogP contribution in [0.1, 0.15) is 44.4 Å². The number of hydrogen-bond donors (Lipinski definition) is 0. The Kier molecular flexibility index (Phi) is 4.66. The van der Waals surface area contributed by atoms with Gasteiger partial charge in [0.05, 0.1) is 17.9 Å². The SMILES string of the molecule is CCC.Cc1noc(OCC2CC2)c1C. The van der Waals surface area contributed by atoms with Gasteiger partial charge in [0, 0.05) is 0 Å². The summed E-state index contributed by atoms with van der Waals surface area (Å²) in [5.74, 6) is 1.36. The zero-order valence-electron chi connectivity index (χ0n) is 10.2. The van der Waals surface area contributed by atoms with Gasteiger partial charge in [-0.05, 0) is 32.6 Å². The summed E-state index contributed by atoms with van der Waals surface area (Å²) in [7, 11) is 0. The molecule has 0 atom stereocenters. The minimum absolute atomic E-state index is 0.597. The van der Waals surface area contributed by atoms with Gasteiger partial charge in [0.2, 0.25) is 0 Å². The Morgan fingerprint density at radius 2 is 1.93 bits per heavy atom. The second-order valence-corrected chi connectivity index (χ2v) is 4.14. The number of ether oxygens (including phenoxy) is 1. The average molecular weight is 211 g/mol. The molecule has 3 heteroatoms. The summed E-state index contributed by atoms with van der Waals surface area (Å²) < 4.78 is 10.5. The molecule has 2 rings (SSSR count). The van der Waals surface area contributed by atoms with Gasteiger partial charge in [0.25, 0.3) is 0 Å². The number of nitrogens with zero attached hydrogens (tertiary/aromatic N) is 1. The van der Waals surface area contributed by atoms with E-state index < -0.39 is 0 Å². The predicted molar refractivity (Wildman–Crippen MR) is 60.2 cm³/mol. The van der Waals surface area contributed by atoms with Gasteiger partial charge in [-0.15, -0.1) is 0 Å². The van der Waals surface area contributed by atoms with E-state index in [0.717, 1.165) is 23.8 Å². The second kappa shape index (κ2) is 5.79. The smallest absolute Gasteiger partial charge is 0.314 e. The van der Waals surface area contributed by atoms with Crippen LogP contribution < -0.4 is 4.74 Å². The largest absolute Gasteiger partial charge is 0.463 e. The van der Waals surface area contributed by atoms with Crippen LogP contribution in [0.3, 0.4) is 0 Å². The van der Waals surface area contributed by atoms with Gasteiger partial charge in [0.1, 0.15) is 0 Å². The summed E-state index contributed by atoms with van der Waals surface area (Å²) in [5, 5.41) is 3.81. The third-order valence-electron chi connectivity index (χ3n) is 2.26. The topological polar surface area (TPSA) is 35.3 Å². The van der Waals surface area contributed by atoms with Gasteiger partial charge in [-0.1, -0.05) is 25.4 Å². The van der Waals surface area contributed by atoms with E-state index in [2.05, 4.69) is 19.0 Å². The average Bonchev–Trinajstić information content (AvgIpc) is 2.97. The molecule has 1 heterocycles. The van der Waals surface area contributed by atoms with Crippen LogP contribution in [-0.4, -0.2) is 11.8 Å². The minimum atomic E-state index is 0.597. The fraction of sp³-hybridized carbons (Fsp3) is 0.750. The maximum atomic E-state index is 5.45. The van der Waals surface area contributed by atoms with Gasteiger partial charge in [-0.3, -0.25) is 0 Å². The highest BCUT2D eigenvalue weighted by atomic mass is 16.6. The van der Waals surface area contributed by atoms with Crippen LogP contribution in [0.25, 0.3) is 0 Å². The monoisotopic (exact) mass is 211 g/mol. The van der Waals surface area contributed by atoms with E-state index in [1.807, 2.05) is 13.8 Å². The minimum Gasteiger partial charge on any atom is -0.463 e. The van der Waals surface area contributed by atoms with E-state index in [1.54, 1.807) is 0 Å². The van der Waals surface area contributed by atoms with Crippen LogP contribution in [0, 0.1) is 19.8 Å². The van der Waals surface area contributed by atoms with Gasteiger partial charge < -0.3 is 9.26 Å². The van der Waals surface area contributed by atoms with Gasteiger partial charge in [0.15, 0.2) is 0 Å². The number of aryl methyl sites for hydroxylation is 1. The molecule has 0 aliphatic heterocycles. The Hall–Kier alpha value is -0.990. The highest BCUT2D eigenvalue weighted by molar-refractivity contribution is 5.24. The van der Waals surface area contributed by atoms with Gasteiger partial charge in [-0.25, -0.2) is 0 Å². The Morgan fingerprint density at radius 3 is 2.33 bits per heavy atom. The van der Waals surface area contributed by atoms with Crippen molar-refractivity contribution < 1.29 is 9.26 Å². The predicted octanol–water partition coefficient (Wildman–Crippen LogP) is 3.50. The van der Waals surface area contributed by atoms with E-state index in [0.29, 0.717) is 5.95 Å². The van der Waals surface area contributed by atoms with Crippen molar-refractivity contribution in [2.75, 3.05) is 6.61 Å². The molecule has 0 aromatic carbocycles. The molecular formula is C12H21NO2. The third kappa shape index (κ3) is 3.94. The Balaban J connectivity index is 0.000000337. The Labute approximate surface area is 91.8 Å². The Morgan fingerprint density at radius 1 is 1.33 bits per heavy atom. The fourth-order valence-electron chi connectivity index (χ4n) is 1.01. The summed E-state index contributed by atoms with van der Waals surface area (Å²) in [4.78, 5) is 0. The van der Waals surface area contributed by atoms with E-state index in [4.69, 9.17) is 9.26 Å². The lowest BCUT2D eigenvalue weighted by Gasteiger charge is -1.99.